The fourth-order valence-corrected chi connectivity index (χ4v) is 4.37. The molecule has 3 heterocycles. The maximum atomic E-state index is 6.23. The van der Waals surface area contributed by atoms with Gasteiger partial charge in [-0.1, -0.05) is 18.2 Å². The van der Waals surface area contributed by atoms with Gasteiger partial charge in [0.05, 0.1) is 25.7 Å². The number of hydrogen-bond acceptors (Lipinski definition) is 2. The lowest BCUT2D eigenvalue weighted by molar-refractivity contribution is -0.940. The minimum Gasteiger partial charge on any atom is -0.491 e. The Labute approximate surface area is 132 Å². The number of para-hydroxylation sites is 1. The molecule has 116 valence electrons. The molecule has 1 aromatic heterocycles. The summed E-state index contributed by atoms with van der Waals surface area (Å²) in [7, 11) is 0. The normalized spacial score (nSPS) is 28.3. The van der Waals surface area contributed by atoms with E-state index in [2.05, 4.69) is 29.2 Å². The second kappa shape index (κ2) is 6.25. The molecule has 3 nitrogen and oxygen atoms in total. The number of piperidine rings is 2. The van der Waals surface area contributed by atoms with Crippen LogP contribution in [0.1, 0.15) is 32.1 Å². The first kappa shape index (κ1) is 14.0. The minimum absolute atomic E-state index is 0.711. The third-order valence-electron chi connectivity index (χ3n) is 5.48. The number of nitrogens with one attached hydrogen (secondary N) is 1. The Bertz CT molecular complexity index is 635. The molecular formula is C19H25N2O+. The first-order chi connectivity index (χ1) is 10.9. The summed E-state index contributed by atoms with van der Waals surface area (Å²) >= 11 is 0. The van der Waals surface area contributed by atoms with E-state index in [1.165, 1.54) is 45.2 Å². The van der Waals surface area contributed by atoms with Crippen molar-refractivity contribution in [2.75, 3.05) is 19.7 Å². The molecule has 0 saturated carbocycles. The van der Waals surface area contributed by atoms with E-state index in [0.29, 0.717) is 5.92 Å². The minimum atomic E-state index is 0.711. The van der Waals surface area contributed by atoms with E-state index in [1.54, 1.807) is 0 Å². The number of aromatic nitrogens is 1. The molecule has 1 unspecified atom stereocenters. The fourth-order valence-electron chi connectivity index (χ4n) is 4.37. The molecule has 0 aliphatic carbocycles. The van der Waals surface area contributed by atoms with Crippen LogP contribution in [0.3, 0.4) is 0 Å². The molecule has 2 aliphatic heterocycles. The van der Waals surface area contributed by atoms with E-state index < -0.39 is 0 Å². The van der Waals surface area contributed by atoms with Gasteiger partial charge in [-0.15, -0.1) is 0 Å². The Morgan fingerprint density at radius 1 is 1.05 bits per heavy atom. The summed E-state index contributed by atoms with van der Waals surface area (Å²) in [6.45, 7) is 3.60. The van der Waals surface area contributed by atoms with Crippen molar-refractivity contribution in [2.45, 2.75) is 38.1 Å². The summed E-state index contributed by atoms with van der Waals surface area (Å²) in [6, 6.07) is 11.1. The number of benzene rings is 1. The van der Waals surface area contributed by atoms with Crippen LogP contribution in [-0.4, -0.2) is 30.7 Å². The number of rotatable bonds is 3. The highest BCUT2D eigenvalue weighted by Crippen LogP contribution is 2.26. The lowest BCUT2D eigenvalue weighted by atomic mass is 9.84. The molecule has 0 spiro atoms. The molecule has 22 heavy (non-hydrogen) atoms. The first-order valence-electron chi connectivity index (χ1n) is 8.73. The summed E-state index contributed by atoms with van der Waals surface area (Å²) in [5.74, 6) is 1.66. The van der Waals surface area contributed by atoms with Crippen molar-refractivity contribution in [3.8, 4) is 5.75 Å². The van der Waals surface area contributed by atoms with Crippen LogP contribution in [0.4, 0.5) is 0 Å². The van der Waals surface area contributed by atoms with Gasteiger partial charge in [-0.3, -0.25) is 4.98 Å². The summed E-state index contributed by atoms with van der Waals surface area (Å²) in [5, 5.41) is 1.16. The zero-order valence-corrected chi connectivity index (χ0v) is 13.1. The largest absolute Gasteiger partial charge is 0.491 e. The van der Waals surface area contributed by atoms with E-state index in [-0.39, 0.29) is 0 Å². The van der Waals surface area contributed by atoms with Crippen LogP contribution in [0.15, 0.2) is 36.5 Å². The molecule has 2 aromatic rings. The average molecular weight is 297 g/mol. The Balaban J connectivity index is 1.49. The molecular weight excluding hydrogens is 272 g/mol. The van der Waals surface area contributed by atoms with Gasteiger partial charge in [0.2, 0.25) is 0 Å². The molecule has 2 saturated heterocycles. The van der Waals surface area contributed by atoms with Crippen molar-refractivity contribution in [1.29, 1.82) is 0 Å². The van der Waals surface area contributed by atoms with Crippen molar-refractivity contribution in [3.63, 3.8) is 0 Å². The van der Waals surface area contributed by atoms with E-state index in [0.717, 1.165) is 29.3 Å². The highest BCUT2D eigenvalue weighted by molar-refractivity contribution is 5.84. The van der Waals surface area contributed by atoms with Gasteiger partial charge in [-0.25, -0.2) is 0 Å². The maximum Gasteiger partial charge on any atom is 0.145 e. The number of hydrogen-bond donors (Lipinski definition) is 1. The lowest BCUT2D eigenvalue weighted by Gasteiger charge is -2.41. The van der Waals surface area contributed by atoms with Crippen molar-refractivity contribution in [1.82, 2.24) is 4.98 Å². The SMILES string of the molecule is c1cnc2c(OC[C@H]3CCC[NH+]4CCCC[C@@H]34)cccc2c1. The highest BCUT2D eigenvalue weighted by Gasteiger charge is 2.36. The summed E-state index contributed by atoms with van der Waals surface area (Å²) in [5.41, 5.74) is 0.994. The van der Waals surface area contributed by atoms with E-state index >= 15 is 0 Å². The lowest BCUT2D eigenvalue weighted by Crippen LogP contribution is -3.18. The topological polar surface area (TPSA) is 26.6 Å². The molecule has 0 bridgehead atoms. The zero-order valence-electron chi connectivity index (χ0n) is 13.1. The van der Waals surface area contributed by atoms with Gasteiger partial charge in [-0.2, -0.15) is 0 Å². The van der Waals surface area contributed by atoms with Gasteiger partial charge in [0.1, 0.15) is 11.3 Å². The molecule has 3 heteroatoms. The fraction of sp³-hybridized carbons (Fsp3) is 0.526. The summed E-state index contributed by atoms with van der Waals surface area (Å²) in [6.07, 6.45) is 8.73. The Hall–Kier alpha value is -1.61. The van der Waals surface area contributed by atoms with Crippen LogP contribution in [-0.2, 0) is 0 Å². The van der Waals surface area contributed by atoms with Gasteiger partial charge < -0.3 is 9.64 Å². The van der Waals surface area contributed by atoms with Gasteiger partial charge in [-0.05, 0) is 44.2 Å². The van der Waals surface area contributed by atoms with Crippen molar-refractivity contribution < 1.29 is 9.64 Å². The van der Waals surface area contributed by atoms with E-state index in [1.807, 2.05) is 17.2 Å². The van der Waals surface area contributed by atoms with Crippen molar-refractivity contribution in [2.24, 2.45) is 5.92 Å². The zero-order chi connectivity index (χ0) is 14.8. The molecule has 1 aromatic carbocycles. The number of nitrogens with zero attached hydrogens (tertiary/aromatic N) is 1. The second-order valence-electron chi connectivity index (χ2n) is 6.81. The number of fused-ring (bicyclic) bond motifs is 2. The van der Waals surface area contributed by atoms with Gasteiger partial charge in [0, 0.05) is 17.5 Å². The quantitative estimate of drug-likeness (QED) is 0.942. The van der Waals surface area contributed by atoms with Crippen LogP contribution in [0.5, 0.6) is 5.75 Å². The van der Waals surface area contributed by atoms with Gasteiger partial charge >= 0.3 is 0 Å². The van der Waals surface area contributed by atoms with Crippen LogP contribution < -0.4 is 9.64 Å². The second-order valence-corrected chi connectivity index (χ2v) is 6.81. The molecule has 2 fully saturated rings. The standard InChI is InChI=1S/C19H24N2O/c1-2-12-21-13-5-8-16(17(21)9-1)14-22-18-10-3-6-15-7-4-11-20-19(15)18/h3-4,6-7,10-11,16-17H,1-2,5,8-9,12-14H2/p+1/t16-,17+/m1/s1. The van der Waals surface area contributed by atoms with E-state index in [4.69, 9.17) is 4.74 Å². The van der Waals surface area contributed by atoms with Gasteiger partial charge in [0.15, 0.2) is 0 Å². The van der Waals surface area contributed by atoms with Crippen LogP contribution in [0.2, 0.25) is 0 Å². The Morgan fingerprint density at radius 2 is 1.95 bits per heavy atom. The third-order valence-corrected chi connectivity index (χ3v) is 5.48. The van der Waals surface area contributed by atoms with Crippen molar-refractivity contribution >= 4 is 10.9 Å². The summed E-state index contributed by atoms with van der Waals surface area (Å²) < 4.78 is 6.23. The van der Waals surface area contributed by atoms with Crippen LogP contribution in [0.25, 0.3) is 10.9 Å². The average Bonchev–Trinajstić information content (AvgIpc) is 2.60. The molecule has 2 aliphatic rings. The summed E-state index contributed by atoms with van der Waals surface area (Å²) in [4.78, 5) is 6.33. The maximum absolute atomic E-state index is 6.23. The Kier molecular flexibility index (Phi) is 3.98. The van der Waals surface area contributed by atoms with Crippen LogP contribution in [0, 0.1) is 5.92 Å². The molecule has 0 radical (unpaired) electrons. The molecule has 0 amide bonds. The number of quaternary nitrogens is 1. The van der Waals surface area contributed by atoms with E-state index in [9.17, 15) is 0 Å². The number of ether oxygens (including phenoxy) is 1. The number of pyridine rings is 1. The molecule has 1 N–H and O–H groups in total. The third kappa shape index (κ3) is 2.70. The smallest absolute Gasteiger partial charge is 0.145 e. The van der Waals surface area contributed by atoms with Gasteiger partial charge in [0.25, 0.3) is 0 Å². The van der Waals surface area contributed by atoms with Crippen molar-refractivity contribution in [3.05, 3.63) is 36.5 Å². The molecule has 4 rings (SSSR count). The predicted octanol–water partition coefficient (Wildman–Crippen LogP) is 2.46. The highest BCUT2D eigenvalue weighted by atomic mass is 16.5. The predicted molar refractivity (Wildman–Crippen MR) is 88.3 cm³/mol. The molecule has 3 atom stereocenters. The monoisotopic (exact) mass is 297 g/mol. The van der Waals surface area contributed by atoms with Crippen LogP contribution >= 0.6 is 0 Å². The first-order valence-corrected chi connectivity index (χ1v) is 8.73. The Morgan fingerprint density at radius 3 is 2.95 bits per heavy atom.